The molecular weight excluding hydrogens is 372 g/mol. The SMILES string of the molecule is CCOC(=O)C1CC[NH+]([C@H](c2cccs2)c2sc3ncnn3c2O)CC1. The number of carbonyl (C=O) groups is 1. The molecule has 1 aliphatic rings. The van der Waals surface area contributed by atoms with Crippen molar-refractivity contribution < 1.29 is 19.5 Å². The minimum Gasteiger partial charge on any atom is -0.492 e. The molecule has 0 aliphatic carbocycles. The topological polar surface area (TPSA) is 81.2 Å². The van der Waals surface area contributed by atoms with Crippen LogP contribution in [0.15, 0.2) is 23.8 Å². The number of hydrogen-bond donors (Lipinski definition) is 2. The van der Waals surface area contributed by atoms with Crippen molar-refractivity contribution in [2.24, 2.45) is 5.92 Å². The maximum atomic E-state index is 12.0. The Morgan fingerprint density at radius 2 is 2.31 bits per heavy atom. The van der Waals surface area contributed by atoms with E-state index in [1.165, 1.54) is 32.0 Å². The first-order valence-electron chi connectivity index (χ1n) is 8.75. The molecule has 0 bridgehead atoms. The van der Waals surface area contributed by atoms with E-state index in [4.69, 9.17) is 4.74 Å². The molecule has 4 rings (SSSR count). The molecule has 1 fully saturated rings. The number of thiophene rings is 1. The van der Waals surface area contributed by atoms with Crippen LogP contribution in [0.25, 0.3) is 4.96 Å². The molecule has 0 radical (unpaired) electrons. The number of ether oxygens (including phenoxy) is 1. The number of nitrogens with one attached hydrogen (secondary N) is 1. The molecule has 0 amide bonds. The van der Waals surface area contributed by atoms with E-state index in [1.54, 1.807) is 11.3 Å². The summed E-state index contributed by atoms with van der Waals surface area (Å²) in [6.45, 7) is 3.99. The van der Waals surface area contributed by atoms with Crippen molar-refractivity contribution in [3.8, 4) is 5.88 Å². The highest BCUT2D eigenvalue weighted by Crippen LogP contribution is 2.36. The van der Waals surface area contributed by atoms with Gasteiger partial charge in [-0.1, -0.05) is 17.4 Å². The number of rotatable bonds is 5. The fourth-order valence-electron chi connectivity index (χ4n) is 3.63. The summed E-state index contributed by atoms with van der Waals surface area (Å²) >= 11 is 3.17. The average molecular weight is 394 g/mol. The zero-order valence-corrected chi connectivity index (χ0v) is 16.1. The lowest BCUT2D eigenvalue weighted by Gasteiger charge is -2.33. The quantitative estimate of drug-likeness (QED) is 0.642. The third kappa shape index (κ3) is 3.10. The van der Waals surface area contributed by atoms with Gasteiger partial charge in [0.05, 0.1) is 30.5 Å². The Morgan fingerprint density at radius 3 is 2.96 bits per heavy atom. The second-order valence-corrected chi connectivity index (χ2v) is 8.37. The summed E-state index contributed by atoms with van der Waals surface area (Å²) in [6.07, 6.45) is 3.06. The van der Waals surface area contributed by atoms with Crippen LogP contribution in [-0.2, 0) is 9.53 Å². The number of esters is 1. The average Bonchev–Trinajstić information content (AvgIpc) is 3.37. The first-order chi connectivity index (χ1) is 12.7. The molecule has 9 heteroatoms. The summed E-state index contributed by atoms with van der Waals surface area (Å²) in [7, 11) is 0. The number of fused-ring (bicyclic) bond motifs is 1. The number of nitrogens with zero attached hydrogens (tertiary/aromatic N) is 3. The normalized spacial score (nSPS) is 21.7. The Balaban J connectivity index is 1.60. The van der Waals surface area contributed by atoms with Crippen molar-refractivity contribution in [2.75, 3.05) is 19.7 Å². The molecule has 7 nitrogen and oxygen atoms in total. The summed E-state index contributed by atoms with van der Waals surface area (Å²) in [5.74, 6) is 0.0698. The van der Waals surface area contributed by atoms with Crippen LogP contribution >= 0.6 is 22.7 Å². The third-order valence-corrected chi connectivity index (χ3v) is 6.92. The van der Waals surface area contributed by atoms with Gasteiger partial charge >= 0.3 is 5.97 Å². The highest BCUT2D eigenvalue weighted by atomic mass is 32.1. The molecule has 0 aromatic carbocycles. The monoisotopic (exact) mass is 393 g/mol. The molecule has 138 valence electrons. The second-order valence-electron chi connectivity index (χ2n) is 6.38. The van der Waals surface area contributed by atoms with Crippen LogP contribution in [0.1, 0.15) is 35.6 Å². The zero-order chi connectivity index (χ0) is 18.1. The van der Waals surface area contributed by atoms with E-state index in [2.05, 4.69) is 21.5 Å². The zero-order valence-electron chi connectivity index (χ0n) is 14.4. The van der Waals surface area contributed by atoms with Crippen LogP contribution in [0, 0.1) is 5.92 Å². The van der Waals surface area contributed by atoms with E-state index in [0.29, 0.717) is 11.6 Å². The Kier molecular flexibility index (Phi) is 4.92. The summed E-state index contributed by atoms with van der Waals surface area (Å²) in [4.78, 5) is 20.4. The van der Waals surface area contributed by atoms with E-state index in [0.717, 1.165) is 30.8 Å². The van der Waals surface area contributed by atoms with Crippen molar-refractivity contribution in [1.82, 2.24) is 14.6 Å². The smallest absolute Gasteiger partial charge is 0.309 e. The van der Waals surface area contributed by atoms with E-state index < -0.39 is 0 Å². The fourth-order valence-corrected chi connectivity index (χ4v) is 5.70. The van der Waals surface area contributed by atoms with Gasteiger partial charge in [-0.3, -0.25) is 4.79 Å². The lowest BCUT2D eigenvalue weighted by molar-refractivity contribution is -0.930. The van der Waals surface area contributed by atoms with Crippen molar-refractivity contribution >= 4 is 33.6 Å². The molecule has 1 aliphatic heterocycles. The molecule has 1 atom stereocenters. The van der Waals surface area contributed by atoms with Gasteiger partial charge in [0, 0.05) is 12.8 Å². The van der Waals surface area contributed by atoms with E-state index >= 15 is 0 Å². The Bertz CT molecular complexity index is 881. The van der Waals surface area contributed by atoms with Crippen molar-refractivity contribution in [1.29, 1.82) is 0 Å². The Labute approximate surface area is 158 Å². The van der Waals surface area contributed by atoms with Gasteiger partial charge in [-0.2, -0.15) is 9.61 Å². The van der Waals surface area contributed by atoms with Crippen LogP contribution in [0.4, 0.5) is 0 Å². The maximum absolute atomic E-state index is 12.0. The van der Waals surface area contributed by atoms with Gasteiger partial charge < -0.3 is 14.7 Å². The van der Waals surface area contributed by atoms with Crippen molar-refractivity contribution in [3.05, 3.63) is 33.6 Å². The van der Waals surface area contributed by atoms with Gasteiger partial charge in [-0.15, -0.1) is 11.3 Å². The van der Waals surface area contributed by atoms with Crippen LogP contribution in [0.3, 0.4) is 0 Å². The third-order valence-electron chi connectivity index (χ3n) is 4.88. The van der Waals surface area contributed by atoms with Crippen molar-refractivity contribution in [3.63, 3.8) is 0 Å². The molecule has 3 aromatic rings. The highest BCUT2D eigenvalue weighted by Gasteiger charge is 2.37. The summed E-state index contributed by atoms with van der Waals surface area (Å²) in [6, 6.07) is 4.17. The first kappa shape index (κ1) is 17.4. The van der Waals surface area contributed by atoms with Gasteiger partial charge in [0.15, 0.2) is 6.04 Å². The standard InChI is InChI=1S/C17H20N4O3S2/c1-2-24-16(23)11-5-7-20(8-6-11)13(12-4-3-9-25-12)14-15(22)21-17(26-14)18-10-19-21/h3-4,9-11,13,22H,2,5-8H2,1H3/p+1/t13-/m1/s1. The number of aromatic nitrogens is 3. The van der Waals surface area contributed by atoms with Crippen molar-refractivity contribution in [2.45, 2.75) is 25.8 Å². The largest absolute Gasteiger partial charge is 0.492 e. The number of quaternary nitrogens is 1. The predicted molar refractivity (Wildman–Crippen MR) is 98.7 cm³/mol. The van der Waals surface area contributed by atoms with Crippen LogP contribution in [0.2, 0.25) is 0 Å². The number of hydrogen-bond acceptors (Lipinski definition) is 7. The van der Waals surface area contributed by atoms with Crippen LogP contribution in [0.5, 0.6) is 5.88 Å². The van der Waals surface area contributed by atoms with Gasteiger partial charge in [0.1, 0.15) is 11.2 Å². The summed E-state index contributed by atoms with van der Waals surface area (Å²) < 4.78 is 6.67. The second kappa shape index (κ2) is 7.34. The highest BCUT2D eigenvalue weighted by molar-refractivity contribution is 7.17. The van der Waals surface area contributed by atoms with Gasteiger partial charge in [-0.05, 0) is 18.4 Å². The number of aromatic hydroxyl groups is 1. The number of piperidine rings is 1. The Morgan fingerprint density at radius 1 is 1.50 bits per heavy atom. The molecule has 3 aromatic heterocycles. The minimum absolute atomic E-state index is 0.0152. The molecule has 0 saturated carbocycles. The lowest BCUT2D eigenvalue weighted by Crippen LogP contribution is -3.13. The van der Waals surface area contributed by atoms with E-state index in [-0.39, 0.29) is 23.8 Å². The summed E-state index contributed by atoms with van der Waals surface area (Å²) in [5, 5.41) is 16.8. The van der Waals surface area contributed by atoms with Crippen LogP contribution in [-0.4, -0.2) is 45.4 Å². The van der Waals surface area contributed by atoms with Gasteiger partial charge in [0.25, 0.3) is 0 Å². The fraction of sp³-hybridized carbons (Fsp3) is 0.471. The molecule has 2 N–H and O–H groups in total. The lowest BCUT2D eigenvalue weighted by atomic mass is 9.95. The first-order valence-corrected chi connectivity index (χ1v) is 10.4. The Hall–Kier alpha value is -1.97. The number of carbonyl (C=O) groups excluding carboxylic acids is 1. The van der Waals surface area contributed by atoms with Gasteiger partial charge in [-0.25, -0.2) is 4.98 Å². The molecule has 1 saturated heterocycles. The summed E-state index contributed by atoms with van der Waals surface area (Å²) in [5.41, 5.74) is 0. The molecule has 4 heterocycles. The van der Waals surface area contributed by atoms with E-state index in [9.17, 15) is 9.90 Å². The molecule has 0 unspecified atom stereocenters. The molecular formula is C17H21N4O3S2+. The molecule has 26 heavy (non-hydrogen) atoms. The predicted octanol–water partition coefficient (Wildman–Crippen LogP) is 1.51. The molecule has 0 spiro atoms. The van der Waals surface area contributed by atoms with Crippen LogP contribution < -0.4 is 4.90 Å². The number of likely N-dealkylation sites (tertiary alicyclic amines) is 1. The van der Waals surface area contributed by atoms with Gasteiger partial charge in [0.2, 0.25) is 10.8 Å². The minimum atomic E-state index is -0.0825. The number of thiazole rings is 1. The maximum Gasteiger partial charge on any atom is 0.309 e. The van der Waals surface area contributed by atoms with E-state index in [1.807, 2.05) is 13.0 Å².